The van der Waals surface area contributed by atoms with Crippen LogP contribution in [-0.4, -0.2) is 25.3 Å². The van der Waals surface area contributed by atoms with Gasteiger partial charge in [0.15, 0.2) is 0 Å². The summed E-state index contributed by atoms with van der Waals surface area (Å²) in [6, 6.07) is 2.70. The summed E-state index contributed by atoms with van der Waals surface area (Å²) in [6.07, 6.45) is 0.849. The van der Waals surface area contributed by atoms with Gasteiger partial charge in [-0.2, -0.15) is 4.31 Å². The van der Waals surface area contributed by atoms with E-state index in [1.807, 2.05) is 13.8 Å². The highest BCUT2D eigenvalue weighted by molar-refractivity contribution is 7.89. The highest BCUT2D eigenvalue weighted by Crippen LogP contribution is 2.30. The van der Waals surface area contributed by atoms with Crippen LogP contribution >= 0.6 is 11.6 Å². The van der Waals surface area contributed by atoms with Crippen LogP contribution in [0.4, 0.5) is 4.39 Å². The maximum Gasteiger partial charge on any atom is 0.243 e. The summed E-state index contributed by atoms with van der Waals surface area (Å²) in [5.41, 5.74) is 0.534. The van der Waals surface area contributed by atoms with E-state index in [0.29, 0.717) is 18.0 Å². The second-order valence-corrected chi connectivity index (χ2v) is 7.77. The minimum absolute atomic E-state index is 0.0280. The predicted molar refractivity (Wildman–Crippen MR) is 77.8 cm³/mol. The Labute approximate surface area is 124 Å². The Hall–Kier alpha value is -0.650. The van der Waals surface area contributed by atoms with Gasteiger partial charge in [-0.15, -0.1) is 11.6 Å². The van der Waals surface area contributed by atoms with Crippen LogP contribution in [0.15, 0.2) is 17.0 Å². The van der Waals surface area contributed by atoms with Gasteiger partial charge < -0.3 is 0 Å². The maximum absolute atomic E-state index is 13.8. The maximum atomic E-state index is 13.8. The molecule has 1 heterocycles. The molecule has 0 N–H and O–H groups in total. The van der Waals surface area contributed by atoms with Crippen LogP contribution < -0.4 is 0 Å². The van der Waals surface area contributed by atoms with Gasteiger partial charge in [0.25, 0.3) is 0 Å². The Morgan fingerprint density at radius 3 is 2.55 bits per heavy atom. The van der Waals surface area contributed by atoms with Gasteiger partial charge in [0.1, 0.15) is 5.82 Å². The Bertz CT molecular complexity index is 618. The summed E-state index contributed by atoms with van der Waals surface area (Å²) in [7, 11) is -3.58. The summed E-state index contributed by atoms with van der Waals surface area (Å²) in [5, 5.41) is 0. The first-order valence-electron chi connectivity index (χ1n) is 6.64. The second-order valence-electron chi connectivity index (χ2n) is 5.61. The van der Waals surface area contributed by atoms with E-state index in [4.69, 9.17) is 11.6 Å². The van der Waals surface area contributed by atoms with Crippen molar-refractivity contribution in [1.82, 2.24) is 4.31 Å². The molecular formula is C14H19ClFNO2S. The van der Waals surface area contributed by atoms with E-state index in [1.165, 1.54) is 16.4 Å². The molecule has 6 heteroatoms. The van der Waals surface area contributed by atoms with Crippen molar-refractivity contribution in [3.8, 4) is 0 Å². The quantitative estimate of drug-likeness (QED) is 0.802. The van der Waals surface area contributed by atoms with Gasteiger partial charge in [-0.05, 0) is 43.9 Å². The van der Waals surface area contributed by atoms with E-state index in [-0.39, 0.29) is 22.4 Å². The fourth-order valence-electron chi connectivity index (χ4n) is 2.78. The monoisotopic (exact) mass is 319 g/mol. The number of benzene rings is 1. The van der Waals surface area contributed by atoms with Crippen LogP contribution in [0.3, 0.4) is 0 Å². The third-order valence-electron chi connectivity index (χ3n) is 3.78. The molecule has 0 bridgehead atoms. The van der Waals surface area contributed by atoms with Crippen molar-refractivity contribution in [1.29, 1.82) is 0 Å². The van der Waals surface area contributed by atoms with Crippen molar-refractivity contribution >= 4 is 21.6 Å². The molecule has 1 fully saturated rings. The van der Waals surface area contributed by atoms with Crippen molar-refractivity contribution in [2.45, 2.75) is 44.0 Å². The molecule has 0 aliphatic carbocycles. The van der Waals surface area contributed by atoms with Gasteiger partial charge in [-0.1, -0.05) is 6.92 Å². The fraction of sp³-hybridized carbons (Fsp3) is 0.571. The minimum atomic E-state index is -3.58. The number of halogens is 2. The van der Waals surface area contributed by atoms with E-state index in [0.717, 1.165) is 6.42 Å². The summed E-state index contributed by atoms with van der Waals surface area (Å²) < 4.78 is 40.7. The number of rotatable bonds is 3. The molecule has 112 valence electrons. The molecule has 0 aromatic heterocycles. The lowest BCUT2D eigenvalue weighted by molar-refractivity contribution is 0.405. The number of hydrogen-bond donors (Lipinski definition) is 0. The Morgan fingerprint density at radius 2 is 2.05 bits per heavy atom. The molecule has 0 spiro atoms. The van der Waals surface area contributed by atoms with Crippen LogP contribution in [0.25, 0.3) is 0 Å². The third-order valence-corrected chi connectivity index (χ3v) is 6.03. The molecule has 1 aliphatic rings. The van der Waals surface area contributed by atoms with E-state index in [2.05, 4.69) is 0 Å². The first-order chi connectivity index (χ1) is 9.27. The molecule has 20 heavy (non-hydrogen) atoms. The van der Waals surface area contributed by atoms with Crippen molar-refractivity contribution in [3.05, 3.63) is 29.1 Å². The van der Waals surface area contributed by atoms with Crippen LogP contribution in [0.5, 0.6) is 0 Å². The number of alkyl halides is 1. The summed E-state index contributed by atoms with van der Waals surface area (Å²) >= 11 is 5.69. The average Bonchev–Trinajstić information content (AvgIpc) is 2.72. The first kappa shape index (κ1) is 15.7. The molecule has 2 atom stereocenters. The van der Waals surface area contributed by atoms with E-state index in [9.17, 15) is 12.8 Å². The van der Waals surface area contributed by atoms with Crippen LogP contribution in [0.2, 0.25) is 0 Å². The normalized spacial score (nSPS) is 24.2. The van der Waals surface area contributed by atoms with E-state index in [1.54, 1.807) is 6.92 Å². The summed E-state index contributed by atoms with van der Waals surface area (Å²) in [6.45, 7) is 6.00. The molecule has 0 radical (unpaired) electrons. The van der Waals surface area contributed by atoms with Crippen molar-refractivity contribution in [3.63, 3.8) is 0 Å². The molecule has 1 saturated heterocycles. The molecule has 3 nitrogen and oxygen atoms in total. The highest BCUT2D eigenvalue weighted by atomic mass is 35.5. The molecule has 1 aromatic rings. The average molecular weight is 320 g/mol. The number of hydrogen-bond acceptors (Lipinski definition) is 2. The number of nitrogens with zero attached hydrogens (tertiary/aromatic N) is 1. The molecule has 0 amide bonds. The van der Waals surface area contributed by atoms with Gasteiger partial charge >= 0.3 is 0 Å². The minimum Gasteiger partial charge on any atom is -0.207 e. The van der Waals surface area contributed by atoms with Gasteiger partial charge in [0.2, 0.25) is 10.0 Å². The Morgan fingerprint density at radius 1 is 1.40 bits per heavy atom. The van der Waals surface area contributed by atoms with Gasteiger partial charge in [0, 0.05) is 18.2 Å². The number of sulfonamides is 1. The number of aryl methyl sites for hydroxylation is 1. The topological polar surface area (TPSA) is 37.4 Å². The van der Waals surface area contributed by atoms with Gasteiger partial charge in [0.05, 0.1) is 10.8 Å². The zero-order chi connectivity index (χ0) is 15.1. The lowest BCUT2D eigenvalue weighted by atomic mass is 10.1. The first-order valence-corrected chi connectivity index (χ1v) is 8.61. The summed E-state index contributed by atoms with van der Waals surface area (Å²) in [5.74, 6) is -0.127. The largest absolute Gasteiger partial charge is 0.243 e. The van der Waals surface area contributed by atoms with Crippen molar-refractivity contribution < 1.29 is 12.8 Å². The predicted octanol–water partition coefficient (Wildman–Crippen LogP) is 3.29. The van der Waals surface area contributed by atoms with E-state index < -0.39 is 15.8 Å². The highest BCUT2D eigenvalue weighted by Gasteiger charge is 2.36. The van der Waals surface area contributed by atoms with Gasteiger partial charge in [-0.3, -0.25) is 0 Å². The zero-order valence-electron chi connectivity index (χ0n) is 11.9. The Kier molecular flexibility index (Phi) is 4.42. The smallest absolute Gasteiger partial charge is 0.207 e. The molecule has 1 aromatic carbocycles. The fourth-order valence-corrected chi connectivity index (χ4v) is 4.88. The van der Waals surface area contributed by atoms with Gasteiger partial charge in [-0.25, -0.2) is 12.8 Å². The molecule has 0 saturated carbocycles. The summed E-state index contributed by atoms with van der Waals surface area (Å²) in [4.78, 5) is 0.132. The standard InChI is InChI=1S/C14H19ClFNO2S/c1-9-4-11(3)17(8-9)20(18,19)13-5-10(2)14(16)12(6-13)7-15/h5-6,9,11H,4,7-8H2,1-3H3. The third kappa shape index (κ3) is 2.71. The van der Waals surface area contributed by atoms with Crippen LogP contribution in [-0.2, 0) is 15.9 Å². The SMILES string of the molecule is Cc1cc(S(=O)(=O)N2CC(C)CC2C)cc(CCl)c1F. The molecular weight excluding hydrogens is 301 g/mol. The molecule has 2 unspecified atom stereocenters. The lowest BCUT2D eigenvalue weighted by Crippen LogP contribution is -2.34. The van der Waals surface area contributed by atoms with Crippen molar-refractivity contribution in [2.24, 2.45) is 5.92 Å². The Balaban J connectivity index is 2.47. The zero-order valence-corrected chi connectivity index (χ0v) is 13.4. The van der Waals surface area contributed by atoms with Crippen molar-refractivity contribution in [2.75, 3.05) is 6.54 Å². The van der Waals surface area contributed by atoms with Crippen LogP contribution in [0.1, 0.15) is 31.4 Å². The van der Waals surface area contributed by atoms with E-state index >= 15 is 0 Å². The van der Waals surface area contributed by atoms with Crippen LogP contribution in [0, 0.1) is 18.7 Å². The second kappa shape index (κ2) is 5.62. The lowest BCUT2D eigenvalue weighted by Gasteiger charge is -2.21. The molecule has 2 rings (SSSR count). The molecule has 1 aliphatic heterocycles.